The van der Waals surface area contributed by atoms with Gasteiger partial charge in [-0.25, -0.2) is 0 Å². The Kier molecular flexibility index (Phi) is 3.98. The second-order valence-corrected chi connectivity index (χ2v) is 4.72. The molecule has 0 aliphatic rings. The first-order chi connectivity index (χ1) is 6.19. The van der Waals surface area contributed by atoms with Crippen molar-refractivity contribution in [3.05, 3.63) is 34.9 Å². The summed E-state index contributed by atoms with van der Waals surface area (Å²) in [5, 5.41) is 0. The number of aryl methyl sites for hydroxylation is 2. The van der Waals surface area contributed by atoms with Gasteiger partial charge in [-0.1, -0.05) is 48.0 Å². The molecule has 72 valence electrons. The monoisotopic (exact) mass is 240 g/mol. The molecule has 1 aromatic carbocycles. The molecule has 0 bridgehead atoms. The van der Waals surface area contributed by atoms with E-state index in [1.807, 2.05) is 0 Å². The maximum atomic E-state index is 3.59. The van der Waals surface area contributed by atoms with E-state index in [0.29, 0.717) is 4.83 Å². The highest BCUT2D eigenvalue weighted by molar-refractivity contribution is 9.09. The fourth-order valence-electron chi connectivity index (χ4n) is 1.57. The maximum absolute atomic E-state index is 3.59. The molecule has 0 radical (unpaired) electrons. The maximum Gasteiger partial charge on any atom is 0.0367 e. The van der Waals surface area contributed by atoms with Gasteiger partial charge >= 0.3 is 0 Å². The summed E-state index contributed by atoms with van der Waals surface area (Å²) in [4.78, 5) is 0.462. The summed E-state index contributed by atoms with van der Waals surface area (Å²) in [6.45, 7) is 6.60. The molecule has 0 spiro atoms. The van der Waals surface area contributed by atoms with Crippen molar-refractivity contribution >= 4 is 15.9 Å². The zero-order valence-electron chi connectivity index (χ0n) is 8.60. The Bertz CT molecular complexity index is 276. The van der Waals surface area contributed by atoms with Crippen molar-refractivity contribution < 1.29 is 0 Å². The average molecular weight is 241 g/mol. The lowest BCUT2D eigenvalue weighted by Gasteiger charge is -2.10. The number of hydrogen-bond acceptors (Lipinski definition) is 0. The van der Waals surface area contributed by atoms with Crippen LogP contribution in [0.3, 0.4) is 0 Å². The number of halogens is 1. The Labute approximate surface area is 89.5 Å². The van der Waals surface area contributed by atoms with Crippen molar-refractivity contribution in [2.75, 3.05) is 0 Å². The third-order valence-corrected chi connectivity index (χ3v) is 2.98. The van der Waals surface area contributed by atoms with Crippen LogP contribution < -0.4 is 0 Å². The van der Waals surface area contributed by atoms with E-state index in [1.54, 1.807) is 0 Å². The highest BCUT2D eigenvalue weighted by atomic mass is 79.9. The van der Waals surface area contributed by atoms with Gasteiger partial charge in [-0.05, 0) is 36.5 Å². The van der Waals surface area contributed by atoms with Crippen LogP contribution in [0.15, 0.2) is 18.2 Å². The number of hydrogen-bond donors (Lipinski definition) is 0. The molecule has 0 aliphatic carbocycles. The van der Waals surface area contributed by atoms with Crippen LogP contribution in [0.1, 0.15) is 42.3 Å². The molecule has 0 saturated carbocycles. The molecule has 0 aromatic heterocycles. The number of rotatable bonds is 3. The molecule has 0 nitrogen and oxygen atoms in total. The van der Waals surface area contributed by atoms with Gasteiger partial charge in [-0.2, -0.15) is 0 Å². The summed E-state index contributed by atoms with van der Waals surface area (Å²) in [5.41, 5.74) is 4.36. The standard InChI is InChI=1S/C12H17Br/c1-4-10-6-7-12(9(3)13)8-11(10)5-2/h6-9H,4-5H2,1-3H3. The zero-order chi connectivity index (χ0) is 9.84. The fourth-order valence-corrected chi connectivity index (χ4v) is 1.85. The van der Waals surface area contributed by atoms with Crippen molar-refractivity contribution in [1.82, 2.24) is 0 Å². The van der Waals surface area contributed by atoms with Crippen molar-refractivity contribution in [3.63, 3.8) is 0 Å². The molecule has 0 heterocycles. The van der Waals surface area contributed by atoms with E-state index in [-0.39, 0.29) is 0 Å². The van der Waals surface area contributed by atoms with Crippen molar-refractivity contribution in [2.24, 2.45) is 0 Å². The molecular formula is C12H17Br. The largest absolute Gasteiger partial charge is 0.0842 e. The van der Waals surface area contributed by atoms with Crippen LogP contribution in [0.4, 0.5) is 0 Å². The SMILES string of the molecule is CCc1ccc(C(C)Br)cc1CC. The van der Waals surface area contributed by atoms with Crippen LogP contribution in [0.2, 0.25) is 0 Å². The second-order valence-electron chi connectivity index (χ2n) is 3.35. The predicted octanol–water partition coefficient (Wildman–Crippen LogP) is 4.27. The van der Waals surface area contributed by atoms with Gasteiger partial charge in [0.15, 0.2) is 0 Å². The minimum absolute atomic E-state index is 0.462. The van der Waals surface area contributed by atoms with Crippen LogP contribution >= 0.6 is 15.9 Å². The Hall–Kier alpha value is -0.300. The summed E-state index contributed by atoms with van der Waals surface area (Å²) in [6, 6.07) is 6.79. The molecule has 0 N–H and O–H groups in total. The minimum atomic E-state index is 0.462. The highest BCUT2D eigenvalue weighted by Crippen LogP contribution is 2.24. The Morgan fingerprint density at radius 3 is 2.23 bits per heavy atom. The third kappa shape index (κ3) is 2.57. The summed E-state index contributed by atoms with van der Waals surface area (Å²) in [5.74, 6) is 0. The van der Waals surface area contributed by atoms with E-state index in [4.69, 9.17) is 0 Å². The van der Waals surface area contributed by atoms with E-state index >= 15 is 0 Å². The van der Waals surface area contributed by atoms with Crippen molar-refractivity contribution in [1.29, 1.82) is 0 Å². The fraction of sp³-hybridized carbons (Fsp3) is 0.500. The first-order valence-corrected chi connectivity index (χ1v) is 5.86. The average Bonchev–Trinajstić information content (AvgIpc) is 2.16. The van der Waals surface area contributed by atoms with Crippen molar-refractivity contribution in [3.8, 4) is 0 Å². The molecule has 0 saturated heterocycles. The van der Waals surface area contributed by atoms with Crippen molar-refractivity contribution in [2.45, 2.75) is 38.4 Å². The molecule has 1 aromatic rings. The van der Waals surface area contributed by atoms with E-state index in [9.17, 15) is 0 Å². The summed E-state index contributed by atoms with van der Waals surface area (Å²) < 4.78 is 0. The third-order valence-electron chi connectivity index (χ3n) is 2.45. The van der Waals surface area contributed by atoms with Gasteiger partial charge < -0.3 is 0 Å². The van der Waals surface area contributed by atoms with Crippen LogP contribution in [-0.2, 0) is 12.8 Å². The molecule has 0 aliphatic heterocycles. The van der Waals surface area contributed by atoms with Gasteiger partial charge in [-0.3, -0.25) is 0 Å². The first-order valence-electron chi connectivity index (χ1n) is 4.94. The summed E-state index contributed by atoms with van der Waals surface area (Å²) >= 11 is 3.59. The molecular weight excluding hydrogens is 224 g/mol. The molecule has 13 heavy (non-hydrogen) atoms. The Morgan fingerprint density at radius 2 is 1.77 bits per heavy atom. The van der Waals surface area contributed by atoms with Gasteiger partial charge in [0, 0.05) is 4.83 Å². The first kappa shape index (κ1) is 10.8. The van der Waals surface area contributed by atoms with Gasteiger partial charge in [-0.15, -0.1) is 0 Å². The van der Waals surface area contributed by atoms with Crippen LogP contribution in [0.5, 0.6) is 0 Å². The molecule has 1 unspecified atom stereocenters. The zero-order valence-corrected chi connectivity index (χ0v) is 10.2. The smallest absolute Gasteiger partial charge is 0.0367 e. The van der Waals surface area contributed by atoms with Crippen LogP contribution in [0, 0.1) is 0 Å². The van der Waals surface area contributed by atoms with Crippen LogP contribution in [-0.4, -0.2) is 0 Å². The normalized spacial score (nSPS) is 12.9. The van der Waals surface area contributed by atoms with Gasteiger partial charge in [0.2, 0.25) is 0 Å². The lowest BCUT2D eigenvalue weighted by molar-refractivity contribution is 1.01. The van der Waals surface area contributed by atoms with Gasteiger partial charge in [0.05, 0.1) is 0 Å². The Morgan fingerprint density at radius 1 is 1.15 bits per heavy atom. The lowest BCUT2D eigenvalue weighted by atomic mass is 9.99. The lowest BCUT2D eigenvalue weighted by Crippen LogP contribution is -1.93. The molecule has 1 rings (SSSR count). The predicted molar refractivity (Wildman–Crippen MR) is 62.5 cm³/mol. The topological polar surface area (TPSA) is 0 Å². The van der Waals surface area contributed by atoms with Crippen LogP contribution in [0.25, 0.3) is 0 Å². The quantitative estimate of drug-likeness (QED) is 0.693. The Balaban J connectivity index is 3.05. The van der Waals surface area contributed by atoms with E-state index in [2.05, 4.69) is 54.9 Å². The van der Waals surface area contributed by atoms with Gasteiger partial charge in [0.1, 0.15) is 0 Å². The molecule has 1 heteroatoms. The molecule has 0 fully saturated rings. The van der Waals surface area contributed by atoms with E-state index in [0.717, 1.165) is 12.8 Å². The number of alkyl halides is 1. The minimum Gasteiger partial charge on any atom is -0.0842 e. The summed E-state index contributed by atoms with van der Waals surface area (Å²) in [7, 11) is 0. The highest BCUT2D eigenvalue weighted by Gasteiger charge is 2.04. The van der Waals surface area contributed by atoms with Gasteiger partial charge in [0.25, 0.3) is 0 Å². The van der Waals surface area contributed by atoms with E-state index in [1.165, 1.54) is 16.7 Å². The number of benzene rings is 1. The summed E-state index contributed by atoms with van der Waals surface area (Å²) in [6.07, 6.45) is 2.27. The second kappa shape index (κ2) is 4.80. The molecule has 0 amide bonds. The molecule has 1 atom stereocenters. The van der Waals surface area contributed by atoms with E-state index < -0.39 is 0 Å².